The third kappa shape index (κ3) is 3.30. The molecule has 13 heavy (non-hydrogen) atoms. The number of likely N-dealkylation sites (N-methyl/N-ethyl adjacent to an activating group) is 1. The van der Waals surface area contributed by atoms with Crippen molar-refractivity contribution in [3.63, 3.8) is 0 Å². The second kappa shape index (κ2) is 5.17. The molecule has 0 atom stereocenters. The monoisotopic (exact) mass is 191 g/mol. The largest absolute Gasteiger partial charge is 0.480 e. The third-order valence-corrected chi connectivity index (χ3v) is 2.26. The molecule has 0 rings (SSSR count). The van der Waals surface area contributed by atoms with Gasteiger partial charge in [0.15, 0.2) is 0 Å². The highest BCUT2D eigenvalue weighted by molar-refractivity contribution is 5.77. The van der Waals surface area contributed by atoms with Crippen molar-refractivity contribution in [2.45, 2.75) is 32.7 Å². The fourth-order valence-corrected chi connectivity index (χ4v) is 1.22. The second-order valence-electron chi connectivity index (χ2n) is 3.49. The van der Waals surface area contributed by atoms with Crippen LogP contribution in [0.15, 0.2) is 0 Å². The quantitative estimate of drug-likeness (QED) is 0.692. The van der Waals surface area contributed by atoms with E-state index in [1.807, 2.05) is 6.92 Å². The van der Waals surface area contributed by atoms with E-state index in [-0.39, 0.29) is 0 Å². The maximum absolute atomic E-state index is 11.9. The van der Waals surface area contributed by atoms with Crippen LogP contribution in [-0.2, 0) is 4.79 Å². The molecule has 1 N–H and O–H groups in total. The molecule has 0 heterocycles. The van der Waals surface area contributed by atoms with Crippen LogP contribution >= 0.6 is 0 Å². The van der Waals surface area contributed by atoms with E-state index in [0.29, 0.717) is 19.5 Å². The molecule has 0 saturated carbocycles. The summed E-state index contributed by atoms with van der Waals surface area (Å²) in [6.07, 6.45) is 0.393. The van der Waals surface area contributed by atoms with Crippen molar-refractivity contribution in [2.75, 3.05) is 19.8 Å². The predicted molar refractivity (Wildman–Crippen MR) is 49.6 cm³/mol. The molecule has 4 heteroatoms. The minimum absolute atomic E-state index is 0.393. The van der Waals surface area contributed by atoms with Gasteiger partial charge in [-0.2, -0.15) is 0 Å². The van der Waals surface area contributed by atoms with Gasteiger partial charge in [-0.25, -0.2) is 0 Å². The Labute approximate surface area is 78.5 Å². The van der Waals surface area contributed by atoms with Crippen molar-refractivity contribution in [3.05, 3.63) is 0 Å². The molecule has 0 fully saturated rings. The molecule has 0 spiro atoms. The van der Waals surface area contributed by atoms with Crippen molar-refractivity contribution in [2.24, 2.45) is 0 Å². The Morgan fingerprint density at radius 3 is 2.38 bits per heavy atom. The first kappa shape index (κ1) is 12.4. The topological polar surface area (TPSA) is 40.5 Å². The van der Waals surface area contributed by atoms with Gasteiger partial charge in [0.2, 0.25) is 0 Å². The van der Waals surface area contributed by atoms with E-state index in [2.05, 4.69) is 0 Å². The number of nitrogens with zero attached hydrogens (tertiary/aromatic N) is 1. The van der Waals surface area contributed by atoms with Gasteiger partial charge in [-0.1, -0.05) is 6.92 Å². The first-order chi connectivity index (χ1) is 5.96. The number of aliphatic carboxylic acids is 1. The van der Waals surface area contributed by atoms with Crippen LogP contribution < -0.4 is 0 Å². The number of hydrogen-bond acceptors (Lipinski definition) is 2. The molecule has 0 amide bonds. The molecule has 0 aliphatic carbocycles. The summed E-state index contributed by atoms with van der Waals surface area (Å²) >= 11 is 0. The number of carbonyl (C=O) groups is 1. The smallest absolute Gasteiger partial charge is 0.323 e. The van der Waals surface area contributed by atoms with Gasteiger partial charge in [0.1, 0.15) is 5.54 Å². The Morgan fingerprint density at radius 1 is 1.54 bits per heavy atom. The fraction of sp³-hybridized carbons (Fsp3) is 0.889. The summed E-state index contributed by atoms with van der Waals surface area (Å²) in [5.41, 5.74) is -0.899. The number of rotatable bonds is 6. The van der Waals surface area contributed by atoms with E-state index < -0.39 is 18.2 Å². The molecule has 3 nitrogen and oxygen atoms in total. The number of hydrogen-bond donors (Lipinski definition) is 1. The lowest BCUT2D eigenvalue weighted by atomic mass is 10.0. The molecule has 0 bridgehead atoms. The summed E-state index contributed by atoms with van der Waals surface area (Å²) in [7, 11) is 0. The Balaban J connectivity index is 4.28. The highest BCUT2D eigenvalue weighted by Gasteiger charge is 2.32. The van der Waals surface area contributed by atoms with Crippen LogP contribution in [0, 0.1) is 0 Å². The van der Waals surface area contributed by atoms with Crippen LogP contribution in [0.2, 0.25) is 0 Å². The lowest BCUT2D eigenvalue weighted by Crippen LogP contribution is -2.50. The Hall–Kier alpha value is -0.640. The zero-order valence-electron chi connectivity index (χ0n) is 8.51. The van der Waals surface area contributed by atoms with Crippen LogP contribution in [-0.4, -0.2) is 41.3 Å². The number of halogens is 1. The van der Waals surface area contributed by atoms with E-state index >= 15 is 0 Å². The van der Waals surface area contributed by atoms with Crippen LogP contribution in [0.5, 0.6) is 0 Å². The van der Waals surface area contributed by atoms with Crippen LogP contribution in [0.1, 0.15) is 27.2 Å². The zero-order valence-corrected chi connectivity index (χ0v) is 8.51. The molecule has 78 valence electrons. The van der Waals surface area contributed by atoms with Crippen molar-refractivity contribution >= 4 is 5.97 Å². The normalized spacial score (nSPS) is 12.1. The molecule has 0 aromatic carbocycles. The predicted octanol–water partition coefficient (Wildman–Crippen LogP) is 1.53. The Bertz CT molecular complexity index is 171. The van der Waals surface area contributed by atoms with Gasteiger partial charge in [-0.15, -0.1) is 0 Å². The van der Waals surface area contributed by atoms with E-state index in [4.69, 9.17) is 5.11 Å². The van der Waals surface area contributed by atoms with Gasteiger partial charge in [-0.3, -0.25) is 14.1 Å². The standard InChI is InChI=1S/C9H18FNO2/c1-4-11(7-5-6-10)9(2,3)8(12)13/h4-7H2,1-3H3,(H,12,13). The second-order valence-corrected chi connectivity index (χ2v) is 3.49. The van der Waals surface area contributed by atoms with Gasteiger partial charge >= 0.3 is 5.97 Å². The summed E-state index contributed by atoms with van der Waals surface area (Å²) < 4.78 is 11.9. The lowest BCUT2D eigenvalue weighted by molar-refractivity contribution is -0.149. The van der Waals surface area contributed by atoms with E-state index in [0.717, 1.165) is 0 Å². The molecule has 0 unspecified atom stereocenters. The molecule has 0 aliphatic rings. The van der Waals surface area contributed by atoms with Crippen molar-refractivity contribution in [1.82, 2.24) is 4.90 Å². The van der Waals surface area contributed by atoms with Crippen molar-refractivity contribution in [3.8, 4) is 0 Å². The molecule has 0 aliphatic heterocycles. The average molecular weight is 191 g/mol. The van der Waals surface area contributed by atoms with Crippen molar-refractivity contribution < 1.29 is 14.3 Å². The summed E-state index contributed by atoms with van der Waals surface area (Å²) in [5, 5.41) is 8.91. The summed E-state index contributed by atoms with van der Waals surface area (Å²) in [4.78, 5) is 12.6. The summed E-state index contributed by atoms with van der Waals surface area (Å²) in [5.74, 6) is -0.867. The Kier molecular flexibility index (Phi) is 4.91. The number of carboxylic acids is 1. The molecule has 0 aromatic rings. The fourth-order valence-electron chi connectivity index (χ4n) is 1.22. The van der Waals surface area contributed by atoms with Gasteiger partial charge in [-0.05, 0) is 26.8 Å². The molecule has 0 radical (unpaired) electrons. The SMILES string of the molecule is CCN(CCCF)C(C)(C)C(=O)O. The van der Waals surface area contributed by atoms with Crippen LogP contribution in [0.4, 0.5) is 4.39 Å². The average Bonchev–Trinajstić information content (AvgIpc) is 2.05. The number of carboxylic acid groups (broad SMARTS) is 1. The van der Waals surface area contributed by atoms with E-state index in [1.54, 1.807) is 18.7 Å². The van der Waals surface area contributed by atoms with Gasteiger partial charge in [0, 0.05) is 6.54 Å². The molecule has 0 aromatic heterocycles. The van der Waals surface area contributed by atoms with Crippen LogP contribution in [0.3, 0.4) is 0 Å². The zero-order chi connectivity index (χ0) is 10.5. The van der Waals surface area contributed by atoms with Gasteiger partial charge in [0.05, 0.1) is 6.67 Å². The van der Waals surface area contributed by atoms with Gasteiger partial charge in [0.25, 0.3) is 0 Å². The first-order valence-electron chi connectivity index (χ1n) is 4.51. The Morgan fingerprint density at radius 2 is 2.08 bits per heavy atom. The van der Waals surface area contributed by atoms with Crippen molar-refractivity contribution in [1.29, 1.82) is 0 Å². The molecular formula is C9H18FNO2. The van der Waals surface area contributed by atoms with E-state index in [1.165, 1.54) is 0 Å². The minimum Gasteiger partial charge on any atom is -0.480 e. The summed E-state index contributed by atoms with van der Waals surface area (Å²) in [6.45, 7) is 5.87. The lowest BCUT2D eigenvalue weighted by Gasteiger charge is -2.33. The minimum atomic E-state index is -0.899. The first-order valence-corrected chi connectivity index (χ1v) is 4.51. The van der Waals surface area contributed by atoms with Gasteiger partial charge < -0.3 is 5.11 Å². The molecular weight excluding hydrogens is 173 g/mol. The number of alkyl halides is 1. The van der Waals surface area contributed by atoms with Crippen LogP contribution in [0.25, 0.3) is 0 Å². The van der Waals surface area contributed by atoms with E-state index in [9.17, 15) is 9.18 Å². The third-order valence-electron chi connectivity index (χ3n) is 2.26. The highest BCUT2D eigenvalue weighted by Crippen LogP contribution is 2.14. The summed E-state index contributed by atoms with van der Waals surface area (Å²) in [6, 6.07) is 0. The maximum atomic E-state index is 11.9. The molecule has 0 saturated heterocycles. The highest BCUT2D eigenvalue weighted by atomic mass is 19.1. The maximum Gasteiger partial charge on any atom is 0.323 e.